The van der Waals surface area contributed by atoms with Crippen LogP contribution in [0.4, 0.5) is 0 Å². The Hall–Kier alpha value is -1.51. The third kappa shape index (κ3) is 5.07. The number of nitrogens with zero attached hydrogens (tertiary/aromatic N) is 4. The molecule has 0 aliphatic rings. The van der Waals surface area contributed by atoms with Crippen LogP contribution < -0.4 is 0 Å². The van der Waals surface area contributed by atoms with Gasteiger partial charge in [-0.2, -0.15) is 0 Å². The van der Waals surface area contributed by atoms with Gasteiger partial charge in [-0.3, -0.25) is 4.79 Å². The van der Waals surface area contributed by atoms with Crippen LogP contribution in [0.2, 0.25) is 0 Å². The molecule has 0 aromatic carbocycles. The van der Waals surface area contributed by atoms with Crippen molar-refractivity contribution in [2.75, 3.05) is 6.26 Å². The average molecular weight is 318 g/mol. The maximum absolute atomic E-state index is 11.7. The third-order valence-electron chi connectivity index (χ3n) is 3.13. The molecular formula is C12H22N4O4S. The molecular weight excluding hydrogens is 296 g/mol. The summed E-state index contributed by atoms with van der Waals surface area (Å²) < 4.78 is 24.7. The van der Waals surface area contributed by atoms with Crippen molar-refractivity contribution >= 4 is 15.8 Å². The van der Waals surface area contributed by atoms with Crippen LogP contribution in [0.5, 0.6) is 0 Å². The molecule has 0 aliphatic carbocycles. The highest BCUT2D eigenvalue weighted by Crippen LogP contribution is 2.31. The third-order valence-corrected chi connectivity index (χ3v) is 4.62. The summed E-state index contributed by atoms with van der Waals surface area (Å²) in [5, 5.41) is 19.3. The molecule has 1 N–H and O–H groups in total. The van der Waals surface area contributed by atoms with E-state index in [1.54, 1.807) is 0 Å². The first kappa shape index (κ1) is 17.5. The normalized spacial score (nSPS) is 15.7. The summed E-state index contributed by atoms with van der Waals surface area (Å²) >= 11 is 0. The van der Waals surface area contributed by atoms with Crippen molar-refractivity contribution in [3.63, 3.8) is 0 Å². The fraction of sp³-hybridized carbons (Fsp3) is 0.833. The number of tetrazole rings is 1. The van der Waals surface area contributed by atoms with Gasteiger partial charge in [0.05, 0.1) is 12.5 Å². The van der Waals surface area contributed by atoms with Gasteiger partial charge < -0.3 is 5.11 Å². The summed E-state index contributed by atoms with van der Waals surface area (Å²) in [5.41, 5.74) is -0.141. The average Bonchev–Trinajstić information content (AvgIpc) is 2.71. The van der Waals surface area contributed by atoms with Crippen molar-refractivity contribution in [2.45, 2.75) is 51.8 Å². The predicted octanol–water partition coefficient (Wildman–Crippen LogP) is 1.23. The van der Waals surface area contributed by atoms with Crippen LogP contribution in [0.15, 0.2) is 0 Å². The van der Waals surface area contributed by atoms with Gasteiger partial charge in [-0.05, 0) is 29.2 Å². The Labute approximate surface area is 124 Å². The summed E-state index contributed by atoms with van der Waals surface area (Å²) in [6.07, 6.45) is 1.46. The largest absolute Gasteiger partial charge is 0.481 e. The molecule has 0 amide bonds. The number of carbonyl (C=O) groups is 1. The fourth-order valence-corrected chi connectivity index (χ4v) is 2.61. The highest BCUT2D eigenvalue weighted by molar-refractivity contribution is 7.90. The lowest BCUT2D eigenvalue weighted by atomic mass is 9.87. The minimum absolute atomic E-state index is 0.141. The van der Waals surface area contributed by atoms with Crippen molar-refractivity contribution in [3.8, 4) is 0 Å². The Morgan fingerprint density at radius 3 is 2.38 bits per heavy atom. The second-order valence-corrected chi connectivity index (χ2v) is 8.84. The molecule has 2 unspecified atom stereocenters. The Kier molecular flexibility index (Phi) is 5.08. The molecule has 1 heterocycles. The van der Waals surface area contributed by atoms with Crippen LogP contribution in [-0.2, 0) is 14.6 Å². The molecule has 21 heavy (non-hydrogen) atoms. The Morgan fingerprint density at radius 1 is 1.38 bits per heavy atom. The van der Waals surface area contributed by atoms with Crippen molar-refractivity contribution in [1.29, 1.82) is 0 Å². The molecule has 1 aromatic heterocycles. The van der Waals surface area contributed by atoms with Crippen molar-refractivity contribution in [2.24, 2.45) is 5.41 Å². The van der Waals surface area contributed by atoms with E-state index in [-0.39, 0.29) is 17.7 Å². The predicted molar refractivity (Wildman–Crippen MR) is 76.4 cm³/mol. The van der Waals surface area contributed by atoms with Gasteiger partial charge in [0.1, 0.15) is 5.25 Å². The molecule has 2 atom stereocenters. The van der Waals surface area contributed by atoms with Gasteiger partial charge in [-0.15, -0.1) is 5.10 Å². The van der Waals surface area contributed by atoms with Crippen LogP contribution in [0.3, 0.4) is 0 Å². The molecule has 0 saturated carbocycles. The molecule has 0 fully saturated rings. The van der Waals surface area contributed by atoms with Gasteiger partial charge >= 0.3 is 5.97 Å². The Morgan fingerprint density at radius 2 is 1.95 bits per heavy atom. The van der Waals surface area contributed by atoms with Crippen LogP contribution in [0.25, 0.3) is 0 Å². The summed E-state index contributed by atoms with van der Waals surface area (Å²) in [6.45, 7) is 7.43. The van der Waals surface area contributed by atoms with Gasteiger partial charge in [0, 0.05) is 6.26 Å². The van der Waals surface area contributed by atoms with E-state index < -0.39 is 27.1 Å². The van der Waals surface area contributed by atoms with Crippen molar-refractivity contribution in [3.05, 3.63) is 5.82 Å². The number of sulfone groups is 1. The minimum atomic E-state index is -3.36. The van der Waals surface area contributed by atoms with E-state index in [2.05, 4.69) is 15.5 Å². The molecule has 1 aromatic rings. The van der Waals surface area contributed by atoms with Crippen molar-refractivity contribution < 1.29 is 18.3 Å². The van der Waals surface area contributed by atoms with Crippen LogP contribution in [0, 0.1) is 5.41 Å². The number of hydrogen-bond donors (Lipinski definition) is 1. The van der Waals surface area contributed by atoms with E-state index in [0.717, 1.165) is 6.26 Å². The smallest absolute Gasteiger partial charge is 0.305 e. The van der Waals surface area contributed by atoms with Gasteiger partial charge in [0.2, 0.25) is 0 Å². The van der Waals surface area contributed by atoms with Gasteiger partial charge in [-0.25, -0.2) is 13.1 Å². The number of hydrogen-bond acceptors (Lipinski definition) is 6. The first-order valence-corrected chi connectivity index (χ1v) is 8.55. The van der Waals surface area contributed by atoms with E-state index in [1.807, 2.05) is 20.8 Å². The second kappa shape index (κ2) is 6.08. The quantitative estimate of drug-likeness (QED) is 0.838. The topological polar surface area (TPSA) is 115 Å². The van der Waals surface area contributed by atoms with Gasteiger partial charge in [0.25, 0.3) is 0 Å². The first-order chi connectivity index (χ1) is 9.42. The maximum Gasteiger partial charge on any atom is 0.305 e. The molecule has 0 spiro atoms. The van der Waals surface area contributed by atoms with E-state index in [0.29, 0.717) is 6.42 Å². The molecule has 1 rings (SSSR count). The zero-order chi connectivity index (χ0) is 16.4. The fourth-order valence-electron chi connectivity index (χ4n) is 2.07. The van der Waals surface area contributed by atoms with Crippen molar-refractivity contribution in [1.82, 2.24) is 20.2 Å². The highest BCUT2D eigenvalue weighted by atomic mass is 32.2. The Balaban J connectivity index is 3.21. The zero-order valence-electron chi connectivity index (χ0n) is 12.9. The van der Waals surface area contributed by atoms with Crippen LogP contribution >= 0.6 is 0 Å². The molecule has 0 bridgehead atoms. The van der Waals surface area contributed by atoms with E-state index >= 15 is 0 Å². The van der Waals surface area contributed by atoms with Crippen LogP contribution in [0.1, 0.15) is 57.7 Å². The molecule has 0 aliphatic heterocycles. The molecule has 9 heteroatoms. The number of rotatable bonds is 6. The number of carboxylic acid groups (broad SMARTS) is 1. The molecule has 120 valence electrons. The lowest BCUT2D eigenvalue weighted by Gasteiger charge is -2.26. The maximum atomic E-state index is 11.7. The molecule has 8 nitrogen and oxygen atoms in total. The van der Waals surface area contributed by atoms with Gasteiger partial charge in [0.15, 0.2) is 15.7 Å². The lowest BCUT2D eigenvalue weighted by Crippen LogP contribution is -2.25. The number of carboxylic acids is 1. The highest BCUT2D eigenvalue weighted by Gasteiger charge is 2.30. The monoisotopic (exact) mass is 318 g/mol. The van der Waals surface area contributed by atoms with Gasteiger partial charge in [-0.1, -0.05) is 20.8 Å². The second-order valence-electron chi connectivity index (χ2n) is 6.47. The summed E-state index contributed by atoms with van der Waals surface area (Å²) in [6, 6.07) is -0.489. The minimum Gasteiger partial charge on any atom is -0.481 e. The SMILES string of the molecule is CC(c1nnnn1C(CC(=O)O)CC(C)(C)C)S(C)(=O)=O. The summed E-state index contributed by atoms with van der Waals surface area (Å²) in [4.78, 5) is 11.1. The standard InChI is InChI=1S/C12H22N4O4S/c1-8(21(5,19)20)11-13-14-15-16(11)9(6-10(17)18)7-12(2,3)4/h8-9H,6-7H2,1-5H3,(H,17,18). The van der Waals surface area contributed by atoms with E-state index in [1.165, 1.54) is 11.6 Å². The lowest BCUT2D eigenvalue weighted by molar-refractivity contribution is -0.138. The first-order valence-electron chi connectivity index (χ1n) is 6.60. The van der Waals surface area contributed by atoms with Crippen LogP contribution in [-0.4, -0.2) is 46.0 Å². The Bertz CT molecular complexity index is 603. The zero-order valence-corrected chi connectivity index (χ0v) is 13.8. The number of aliphatic carboxylic acids is 1. The molecule has 0 radical (unpaired) electrons. The summed E-state index contributed by atoms with van der Waals surface area (Å²) in [7, 11) is -3.36. The summed E-state index contributed by atoms with van der Waals surface area (Å²) in [5.74, 6) is -0.800. The molecule has 0 saturated heterocycles. The number of aromatic nitrogens is 4. The van der Waals surface area contributed by atoms with E-state index in [4.69, 9.17) is 5.11 Å². The van der Waals surface area contributed by atoms with E-state index in [9.17, 15) is 13.2 Å².